The van der Waals surface area contributed by atoms with Crippen LogP contribution < -0.4 is 16.5 Å². The number of aromatic nitrogens is 4. The predicted octanol–water partition coefficient (Wildman–Crippen LogP) is 0.934. The summed E-state index contributed by atoms with van der Waals surface area (Å²) < 4.78 is 27.2. The lowest BCUT2D eigenvalue weighted by Crippen LogP contribution is -2.36. The second-order valence-corrected chi connectivity index (χ2v) is 11.5. The molecule has 1 aliphatic heterocycles. The third-order valence-corrected chi connectivity index (χ3v) is 8.85. The van der Waals surface area contributed by atoms with E-state index in [1.54, 1.807) is 24.3 Å². The van der Waals surface area contributed by atoms with Gasteiger partial charge in [-0.15, -0.1) is 11.8 Å². The molecule has 0 spiro atoms. The molecule has 38 heavy (non-hydrogen) atoms. The molecule has 0 bridgehead atoms. The summed E-state index contributed by atoms with van der Waals surface area (Å²) in [4.78, 5) is 30.0. The van der Waals surface area contributed by atoms with E-state index in [-0.39, 0.29) is 31.3 Å². The Morgan fingerprint density at radius 1 is 1.24 bits per heavy atom. The van der Waals surface area contributed by atoms with Crippen LogP contribution in [0.1, 0.15) is 16.6 Å². The number of imidazole rings is 1. The van der Waals surface area contributed by atoms with E-state index < -0.39 is 47.1 Å². The minimum Gasteiger partial charge on any atom is -0.390 e. The van der Waals surface area contributed by atoms with Crippen molar-refractivity contribution < 1.29 is 28.7 Å². The van der Waals surface area contributed by atoms with Crippen LogP contribution in [0.25, 0.3) is 0 Å². The summed E-state index contributed by atoms with van der Waals surface area (Å²) in [6.45, 7) is -0.530. The molecule has 204 valence electrons. The highest BCUT2D eigenvalue weighted by molar-refractivity contribution is 8.00. The van der Waals surface area contributed by atoms with Crippen molar-refractivity contribution in [1.82, 2.24) is 24.2 Å². The van der Waals surface area contributed by atoms with Crippen LogP contribution in [-0.2, 0) is 33.8 Å². The molecule has 1 unspecified atom stereocenters. The number of nitrogens with zero attached hydrogens (tertiary/aromatic N) is 5. The number of nitrogens with one attached hydrogen (secondary N) is 1. The van der Waals surface area contributed by atoms with Gasteiger partial charge in [0.1, 0.15) is 35.8 Å². The average Bonchev–Trinajstić information content (AvgIpc) is 3.40. The van der Waals surface area contributed by atoms with Crippen LogP contribution in [0.5, 0.6) is 0 Å². The fraction of sp³-hybridized carbons (Fsp3) is 0.381. The number of nitro groups is 1. The maximum Gasteiger partial charge on any atom is 0.434 e. The zero-order valence-electron chi connectivity index (χ0n) is 20.1. The monoisotopic (exact) mass is 567 g/mol. The number of hydrogen-bond acceptors (Lipinski definition) is 12. The van der Waals surface area contributed by atoms with Crippen LogP contribution in [0.2, 0.25) is 0 Å². The molecule has 0 radical (unpaired) electrons. The number of aliphatic hydroxyl groups is 2. The lowest BCUT2D eigenvalue weighted by atomic mass is 10.1. The molecule has 0 amide bonds. The number of hydrogen-bond donors (Lipinski definition) is 4. The molecule has 15 nitrogen and oxygen atoms in total. The van der Waals surface area contributed by atoms with E-state index in [1.807, 2.05) is 6.07 Å². The zero-order valence-corrected chi connectivity index (χ0v) is 21.8. The standard InChI is InChI=1S/C21H26N7O8PS/c1-26-14(10-23-20(26)28(32)33)11-35-37(34,24-9-13-5-3-2-4-6-13)36-12-15-17(29)18(30)19(38-15)27-8-7-16(22)25-21(27)31/h2-8,10,15,17-19,29-30H,9,11-12H2,1H3,(H,24,34)(H2,22,25,31)/t15-,17-,18+,19-,37?/m1/s1. The summed E-state index contributed by atoms with van der Waals surface area (Å²) in [6.07, 6.45) is -0.0689. The molecule has 1 fully saturated rings. The maximum absolute atomic E-state index is 13.6. The molecule has 1 aliphatic rings. The first-order valence-corrected chi connectivity index (χ1v) is 13.8. The molecule has 3 heterocycles. The Morgan fingerprint density at radius 3 is 2.63 bits per heavy atom. The molecule has 17 heteroatoms. The Kier molecular flexibility index (Phi) is 8.62. The summed E-state index contributed by atoms with van der Waals surface area (Å²) in [5.41, 5.74) is 5.90. The van der Waals surface area contributed by atoms with Crippen molar-refractivity contribution in [2.24, 2.45) is 7.05 Å². The molecule has 1 aromatic carbocycles. The van der Waals surface area contributed by atoms with Gasteiger partial charge < -0.3 is 26.1 Å². The Labute approximate surface area is 220 Å². The fourth-order valence-corrected chi connectivity index (χ4v) is 6.52. The number of anilines is 1. The molecule has 0 aliphatic carbocycles. The van der Waals surface area contributed by atoms with Gasteiger partial charge in [0.25, 0.3) is 0 Å². The van der Waals surface area contributed by atoms with Crippen molar-refractivity contribution in [2.75, 3.05) is 12.3 Å². The van der Waals surface area contributed by atoms with E-state index >= 15 is 0 Å². The van der Waals surface area contributed by atoms with Gasteiger partial charge in [0.05, 0.1) is 25.0 Å². The van der Waals surface area contributed by atoms with Gasteiger partial charge in [-0.25, -0.2) is 19.0 Å². The van der Waals surface area contributed by atoms with Crippen molar-refractivity contribution in [3.8, 4) is 0 Å². The lowest BCUT2D eigenvalue weighted by molar-refractivity contribution is -0.396. The minimum atomic E-state index is -4.06. The highest BCUT2D eigenvalue weighted by Gasteiger charge is 2.45. The smallest absolute Gasteiger partial charge is 0.390 e. The first-order valence-electron chi connectivity index (χ1n) is 11.3. The number of nitrogens with two attached hydrogens (primary N) is 1. The number of thioether (sulfide) groups is 1. The molecule has 0 saturated carbocycles. The summed E-state index contributed by atoms with van der Waals surface area (Å²) >= 11 is 1.04. The van der Waals surface area contributed by atoms with Crippen molar-refractivity contribution in [2.45, 2.75) is 36.0 Å². The van der Waals surface area contributed by atoms with Crippen molar-refractivity contribution in [1.29, 1.82) is 0 Å². The second-order valence-electron chi connectivity index (χ2n) is 8.34. The van der Waals surface area contributed by atoms with Crippen LogP contribution in [-0.4, -0.2) is 58.3 Å². The van der Waals surface area contributed by atoms with Gasteiger partial charge in [-0.2, -0.15) is 4.98 Å². The molecule has 5 N–H and O–H groups in total. The van der Waals surface area contributed by atoms with E-state index in [9.17, 15) is 29.7 Å². The van der Waals surface area contributed by atoms with Crippen LogP contribution in [0.15, 0.2) is 53.6 Å². The topological polar surface area (TPSA) is 210 Å². The fourth-order valence-electron chi connectivity index (χ4n) is 3.69. The Morgan fingerprint density at radius 2 is 1.97 bits per heavy atom. The largest absolute Gasteiger partial charge is 0.434 e. The molecular weight excluding hydrogens is 541 g/mol. The van der Waals surface area contributed by atoms with E-state index in [1.165, 1.54) is 30.1 Å². The molecule has 1 saturated heterocycles. The summed E-state index contributed by atoms with van der Waals surface area (Å²) in [6, 6.07) is 10.4. The van der Waals surface area contributed by atoms with Gasteiger partial charge in [0.2, 0.25) is 0 Å². The molecule has 4 rings (SSSR count). The summed E-state index contributed by atoms with van der Waals surface area (Å²) in [5.74, 6) is -0.389. The highest BCUT2D eigenvalue weighted by atomic mass is 32.2. The Hall–Kier alpha value is -3.11. The minimum absolute atomic E-state index is 0.0190. The maximum atomic E-state index is 13.6. The lowest BCUT2D eigenvalue weighted by Gasteiger charge is -2.22. The van der Waals surface area contributed by atoms with Gasteiger partial charge >= 0.3 is 19.4 Å². The van der Waals surface area contributed by atoms with E-state index in [0.717, 1.165) is 21.9 Å². The zero-order chi connectivity index (χ0) is 27.4. The average molecular weight is 568 g/mol. The van der Waals surface area contributed by atoms with Gasteiger partial charge in [-0.1, -0.05) is 35.3 Å². The number of rotatable bonds is 11. The van der Waals surface area contributed by atoms with Gasteiger partial charge in [-0.05, 0) is 16.6 Å². The predicted molar refractivity (Wildman–Crippen MR) is 137 cm³/mol. The SMILES string of the molecule is Cn1c(COP(=O)(NCc2ccccc2)OC[C@H]2S[C@@H](n3ccc(N)nc3=O)[C@@H](O)[C@@H]2O)cnc1[N+](=O)[O-]. The van der Waals surface area contributed by atoms with E-state index in [4.69, 9.17) is 14.8 Å². The van der Waals surface area contributed by atoms with Crippen LogP contribution >= 0.6 is 19.5 Å². The first-order chi connectivity index (χ1) is 18.1. The second kappa shape index (κ2) is 11.7. The first kappa shape index (κ1) is 27.9. The van der Waals surface area contributed by atoms with Crippen molar-refractivity contribution in [3.05, 3.63) is 80.6 Å². The van der Waals surface area contributed by atoms with Gasteiger partial charge in [-0.3, -0.25) is 13.6 Å². The summed E-state index contributed by atoms with van der Waals surface area (Å²) in [5, 5.41) is 33.3. The number of nitrogen functional groups attached to an aromatic ring is 1. The normalized spacial score (nSPS) is 22.8. The molecule has 3 aromatic rings. The molecule has 2 aromatic heterocycles. The Bertz CT molecular complexity index is 1390. The van der Waals surface area contributed by atoms with Crippen molar-refractivity contribution in [3.63, 3.8) is 0 Å². The highest BCUT2D eigenvalue weighted by Crippen LogP contribution is 2.48. The van der Waals surface area contributed by atoms with Crippen LogP contribution in [0.3, 0.4) is 0 Å². The third-order valence-electron chi connectivity index (χ3n) is 5.80. The summed E-state index contributed by atoms with van der Waals surface area (Å²) in [7, 11) is -2.63. The van der Waals surface area contributed by atoms with Gasteiger partial charge in [0, 0.05) is 12.7 Å². The van der Waals surface area contributed by atoms with Crippen LogP contribution in [0.4, 0.5) is 11.8 Å². The van der Waals surface area contributed by atoms with E-state index in [0.29, 0.717) is 0 Å². The van der Waals surface area contributed by atoms with Crippen LogP contribution in [0, 0.1) is 10.1 Å². The number of benzene rings is 1. The molecular formula is C21H26N7O8PS. The Balaban J connectivity index is 1.47. The quantitative estimate of drug-likeness (QED) is 0.145. The van der Waals surface area contributed by atoms with Crippen molar-refractivity contribution >= 4 is 31.3 Å². The third kappa shape index (κ3) is 6.30. The molecule has 5 atom stereocenters. The number of aliphatic hydroxyl groups excluding tert-OH is 2. The van der Waals surface area contributed by atoms with E-state index in [2.05, 4.69) is 15.1 Å². The van der Waals surface area contributed by atoms with Gasteiger partial charge in [0.15, 0.2) is 0 Å².